The van der Waals surface area contributed by atoms with Crippen LogP contribution in [0.5, 0.6) is 0 Å². The quantitative estimate of drug-likeness (QED) is 0.809. The van der Waals surface area contributed by atoms with Crippen LogP contribution in [0.2, 0.25) is 0 Å². The molecule has 22 heavy (non-hydrogen) atoms. The van der Waals surface area contributed by atoms with Gasteiger partial charge in [0.2, 0.25) is 5.91 Å². The molecule has 1 amide bonds. The first-order valence-corrected chi connectivity index (χ1v) is 9.10. The zero-order valence-electron chi connectivity index (χ0n) is 12.2. The fraction of sp³-hybridized carbons (Fsp3) is 0.176. The second-order valence-electron chi connectivity index (χ2n) is 4.55. The highest BCUT2D eigenvalue weighted by atomic mass is 32.2. The fourth-order valence-electron chi connectivity index (χ4n) is 1.86. The van der Waals surface area contributed by atoms with Crippen LogP contribution in [0.15, 0.2) is 53.4 Å². The lowest BCUT2D eigenvalue weighted by Gasteiger charge is -2.07. The number of hydrogen-bond donors (Lipinski definition) is 1. The molecule has 0 heterocycles. The van der Waals surface area contributed by atoms with Crippen molar-refractivity contribution in [1.29, 1.82) is 5.26 Å². The largest absolute Gasteiger partial charge is 0.324 e. The van der Waals surface area contributed by atoms with E-state index >= 15 is 0 Å². The van der Waals surface area contributed by atoms with Crippen LogP contribution in [-0.4, -0.2) is 17.9 Å². The van der Waals surface area contributed by atoms with Crippen molar-refractivity contribution in [1.82, 2.24) is 0 Å². The van der Waals surface area contributed by atoms with E-state index < -0.39 is 0 Å². The predicted molar refractivity (Wildman–Crippen MR) is 94.2 cm³/mol. The highest BCUT2D eigenvalue weighted by Crippen LogP contribution is 2.19. The average Bonchev–Trinajstić information content (AvgIpc) is 2.56. The summed E-state index contributed by atoms with van der Waals surface area (Å²) in [6.07, 6.45) is 2.05. The maximum absolute atomic E-state index is 11.9. The number of anilines is 1. The molecule has 112 valence electrons. The molecule has 0 fully saturated rings. The lowest BCUT2D eigenvalue weighted by Crippen LogP contribution is -2.15. The van der Waals surface area contributed by atoms with E-state index in [0.29, 0.717) is 17.0 Å². The Morgan fingerprint density at radius 1 is 1.18 bits per heavy atom. The number of carbonyl (C=O) groups excluding carboxylic acids is 1. The van der Waals surface area contributed by atoms with Crippen LogP contribution in [0.25, 0.3) is 0 Å². The molecule has 0 aromatic heterocycles. The minimum absolute atomic E-state index is 0.0894. The smallest absolute Gasteiger partial charge is 0.234 e. The summed E-state index contributed by atoms with van der Waals surface area (Å²) >= 11 is 3.27. The number of nitriles is 1. The number of para-hydroxylation sites is 1. The average molecular weight is 328 g/mol. The Morgan fingerprint density at radius 3 is 2.59 bits per heavy atom. The van der Waals surface area contributed by atoms with Crippen LogP contribution < -0.4 is 5.32 Å². The molecule has 0 atom stereocenters. The van der Waals surface area contributed by atoms with Gasteiger partial charge in [0.15, 0.2) is 0 Å². The third-order valence-electron chi connectivity index (χ3n) is 2.98. The Morgan fingerprint density at radius 2 is 1.91 bits per heavy atom. The first-order chi connectivity index (χ1) is 10.7. The van der Waals surface area contributed by atoms with E-state index in [4.69, 9.17) is 5.26 Å². The van der Waals surface area contributed by atoms with E-state index in [9.17, 15) is 4.79 Å². The third kappa shape index (κ3) is 4.83. The standard InChI is InChI=1S/C17H16N2OS2/c1-21-15-8-6-13(7-9-15)11-22-12-17(20)19-16-5-3-2-4-14(16)10-18/h2-9H,11-12H2,1H3,(H,19,20). The second kappa shape index (κ2) is 8.52. The fourth-order valence-corrected chi connectivity index (χ4v) is 3.06. The van der Waals surface area contributed by atoms with Crippen LogP contribution in [0, 0.1) is 11.3 Å². The highest BCUT2D eigenvalue weighted by molar-refractivity contribution is 7.99. The molecule has 1 N–H and O–H groups in total. The minimum atomic E-state index is -0.0894. The van der Waals surface area contributed by atoms with Gasteiger partial charge in [-0.1, -0.05) is 24.3 Å². The molecule has 0 saturated heterocycles. The van der Waals surface area contributed by atoms with Gasteiger partial charge in [0.25, 0.3) is 0 Å². The molecule has 0 aliphatic heterocycles. The number of hydrogen-bond acceptors (Lipinski definition) is 4. The van der Waals surface area contributed by atoms with Crippen molar-refractivity contribution in [2.75, 3.05) is 17.3 Å². The number of rotatable bonds is 6. The molecule has 2 rings (SSSR count). The molecule has 2 aromatic carbocycles. The summed E-state index contributed by atoms with van der Waals surface area (Å²) in [4.78, 5) is 13.2. The Labute approximate surface area is 139 Å². The Bertz CT molecular complexity index is 678. The van der Waals surface area contributed by atoms with Gasteiger partial charge >= 0.3 is 0 Å². The van der Waals surface area contributed by atoms with Crippen LogP contribution in [-0.2, 0) is 10.5 Å². The number of nitrogens with one attached hydrogen (secondary N) is 1. The lowest BCUT2D eigenvalue weighted by atomic mass is 10.2. The van der Waals surface area contributed by atoms with E-state index in [2.05, 4.69) is 35.7 Å². The van der Waals surface area contributed by atoms with Gasteiger partial charge < -0.3 is 5.32 Å². The summed E-state index contributed by atoms with van der Waals surface area (Å²) in [6, 6.07) is 17.4. The van der Waals surface area contributed by atoms with Gasteiger partial charge in [-0.05, 0) is 36.1 Å². The van der Waals surface area contributed by atoms with Crippen LogP contribution in [0.3, 0.4) is 0 Å². The predicted octanol–water partition coefficient (Wildman–Crippen LogP) is 4.15. The summed E-state index contributed by atoms with van der Waals surface area (Å²) in [5.74, 6) is 1.07. The topological polar surface area (TPSA) is 52.9 Å². The van der Waals surface area contributed by atoms with E-state index in [1.807, 2.05) is 6.26 Å². The second-order valence-corrected chi connectivity index (χ2v) is 6.41. The first kappa shape index (κ1) is 16.5. The highest BCUT2D eigenvalue weighted by Gasteiger charge is 2.06. The summed E-state index contributed by atoms with van der Waals surface area (Å²) in [5, 5.41) is 11.8. The van der Waals surface area contributed by atoms with Crippen LogP contribution in [0.4, 0.5) is 5.69 Å². The molecule has 0 aliphatic rings. The number of nitrogens with zero attached hydrogens (tertiary/aromatic N) is 1. The van der Waals surface area contributed by atoms with Gasteiger partial charge in [-0.15, -0.1) is 23.5 Å². The minimum Gasteiger partial charge on any atom is -0.324 e. The maximum atomic E-state index is 11.9. The molecule has 2 aromatic rings. The van der Waals surface area contributed by atoms with Crippen LogP contribution in [0.1, 0.15) is 11.1 Å². The maximum Gasteiger partial charge on any atom is 0.234 e. The molecule has 0 bridgehead atoms. The first-order valence-electron chi connectivity index (χ1n) is 6.72. The summed E-state index contributed by atoms with van der Waals surface area (Å²) in [5.41, 5.74) is 2.25. The molecule has 0 unspecified atom stereocenters. The summed E-state index contributed by atoms with van der Waals surface area (Å²) in [7, 11) is 0. The van der Waals surface area contributed by atoms with Crippen molar-refractivity contribution in [3.8, 4) is 6.07 Å². The van der Waals surface area contributed by atoms with Crippen molar-refractivity contribution in [3.63, 3.8) is 0 Å². The monoisotopic (exact) mass is 328 g/mol. The summed E-state index contributed by atoms with van der Waals surface area (Å²) in [6.45, 7) is 0. The lowest BCUT2D eigenvalue weighted by molar-refractivity contribution is -0.113. The SMILES string of the molecule is CSc1ccc(CSCC(=O)Nc2ccccc2C#N)cc1. The zero-order valence-corrected chi connectivity index (χ0v) is 13.8. The van der Waals surface area contributed by atoms with E-state index in [1.54, 1.807) is 47.8 Å². The van der Waals surface area contributed by atoms with Crippen molar-refractivity contribution in [2.45, 2.75) is 10.6 Å². The molecule has 0 aliphatic carbocycles. The Balaban J connectivity index is 1.81. The van der Waals surface area contributed by atoms with Crippen molar-refractivity contribution in [2.24, 2.45) is 0 Å². The Hall–Kier alpha value is -1.90. The van der Waals surface area contributed by atoms with Gasteiger partial charge in [0, 0.05) is 10.6 Å². The van der Waals surface area contributed by atoms with Gasteiger partial charge in [-0.3, -0.25) is 4.79 Å². The van der Waals surface area contributed by atoms with Gasteiger partial charge in [-0.25, -0.2) is 0 Å². The number of benzene rings is 2. The molecule has 0 radical (unpaired) electrons. The van der Waals surface area contributed by atoms with Crippen molar-refractivity contribution >= 4 is 35.1 Å². The number of amides is 1. The zero-order chi connectivity index (χ0) is 15.8. The molecular weight excluding hydrogens is 312 g/mol. The molecule has 0 spiro atoms. The van der Waals surface area contributed by atoms with Gasteiger partial charge in [0.1, 0.15) is 6.07 Å². The van der Waals surface area contributed by atoms with Gasteiger partial charge in [0.05, 0.1) is 17.0 Å². The van der Waals surface area contributed by atoms with E-state index in [0.717, 1.165) is 5.75 Å². The molecule has 5 heteroatoms. The molecular formula is C17H16N2OS2. The van der Waals surface area contributed by atoms with Crippen molar-refractivity contribution < 1.29 is 4.79 Å². The van der Waals surface area contributed by atoms with E-state index in [1.165, 1.54) is 10.5 Å². The number of carbonyl (C=O) groups is 1. The summed E-state index contributed by atoms with van der Waals surface area (Å²) < 4.78 is 0. The van der Waals surface area contributed by atoms with Crippen molar-refractivity contribution in [3.05, 3.63) is 59.7 Å². The Kier molecular flexibility index (Phi) is 6.38. The third-order valence-corrected chi connectivity index (χ3v) is 4.73. The normalized spacial score (nSPS) is 10.0. The van der Waals surface area contributed by atoms with E-state index in [-0.39, 0.29) is 5.91 Å². The van der Waals surface area contributed by atoms with Gasteiger partial charge in [-0.2, -0.15) is 5.26 Å². The molecule has 3 nitrogen and oxygen atoms in total. The molecule has 0 saturated carbocycles. The number of thioether (sulfide) groups is 2. The van der Waals surface area contributed by atoms with Crippen LogP contribution >= 0.6 is 23.5 Å².